The number of hydrogen-bond acceptors (Lipinski definition) is 6. The molecule has 0 aliphatic rings. The molecule has 0 bridgehead atoms. The van der Waals surface area contributed by atoms with E-state index in [1.54, 1.807) is 31.1 Å². The van der Waals surface area contributed by atoms with Crippen LogP contribution in [0, 0.1) is 28.5 Å². The predicted molar refractivity (Wildman–Crippen MR) is 79.9 cm³/mol. The van der Waals surface area contributed by atoms with Crippen LogP contribution in [-0.4, -0.2) is 29.6 Å². The molecule has 0 unspecified atom stereocenters. The Balaban J connectivity index is 3.48. The van der Waals surface area contributed by atoms with E-state index in [1.807, 2.05) is 4.72 Å². The minimum absolute atomic E-state index is 0.202. The smallest absolute Gasteiger partial charge is 0.243 e. The average molecular weight is 323 g/mol. The Bertz CT molecular complexity index is 772. The molecule has 1 aromatic rings. The van der Waals surface area contributed by atoms with Gasteiger partial charge >= 0.3 is 0 Å². The Labute approximate surface area is 128 Å². The molecule has 0 heterocycles. The van der Waals surface area contributed by atoms with Crippen molar-refractivity contribution in [2.45, 2.75) is 4.90 Å². The van der Waals surface area contributed by atoms with Gasteiger partial charge in [-0.1, -0.05) is 0 Å². The van der Waals surface area contributed by atoms with Gasteiger partial charge in [-0.15, -0.1) is 0 Å². The molecular formula is C13H14FN5O2S. The van der Waals surface area contributed by atoms with Crippen molar-refractivity contribution >= 4 is 21.4 Å². The minimum atomic E-state index is -3.98. The molecule has 0 saturated carbocycles. The van der Waals surface area contributed by atoms with Gasteiger partial charge < -0.3 is 10.2 Å². The third-order valence-electron chi connectivity index (χ3n) is 2.70. The maximum absolute atomic E-state index is 14.0. The summed E-state index contributed by atoms with van der Waals surface area (Å²) < 4.78 is 39.6. The van der Waals surface area contributed by atoms with Gasteiger partial charge in [0.25, 0.3) is 0 Å². The summed E-state index contributed by atoms with van der Waals surface area (Å²) >= 11 is 0. The molecule has 9 heteroatoms. The molecular weight excluding hydrogens is 309 g/mol. The van der Waals surface area contributed by atoms with Gasteiger partial charge in [0.15, 0.2) is 0 Å². The highest BCUT2D eigenvalue weighted by Crippen LogP contribution is 2.30. The lowest BCUT2D eigenvalue weighted by Crippen LogP contribution is -2.21. The number of rotatable bonds is 5. The Morgan fingerprint density at radius 2 is 1.91 bits per heavy atom. The van der Waals surface area contributed by atoms with Crippen LogP contribution in [0.25, 0.3) is 0 Å². The summed E-state index contributed by atoms with van der Waals surface area (Å²) in [6.45, 7) is 0. The average Bonchev–Trinajstić information content (AvgIpc) is 2.48. The Kier molecular flexibility index (Phi) is 5.46. The number of nitrogens with one attached hydrogen (secondary N) is 2. The van der Waals surface area contributed by atoms with E-state index in [1.165, 1.54) is 7.05 Å². The summed E-state index contributed by atoms with van der Waals surface area (Å²) in [5, 5.41) is 20.0. The maximum atomic E-state index is 14.0. The molecule has 0 fully saturated rings. The van der Waals surface area contributed by atoms with Crippen molar-refractivity contribution in [1.29, 1.82) is 10.5 Å². The molecule has 0 atom stereocenters. The number of halogens is 1. The van der Waals surface area contributed by atoms with E-state index in [0.717, 1.165) is 18.3 Å². The zero-order chi connectivity index (χ0) is 16.9. The fraction of sp³-hybridized carbons (Fsp3) is 0.231. The molecule has 1 aromatic carbocycles. The van der Waals surface area contributed by atoms with Crippen LogP contribution >= 0.6 is 0 Å². The number of nitriles is 2. The first kappa shape index (κ1) is 17.4. The van der Waals surface area contributed by atoms with E-state index in [4.69, 9.17) is 10.5 Å². The quantitative estimate of drug-likeness (QED) is 0.787. The largest absolute Gasteiger partial charge is 0.376 e. The molecule has 0 aliphatic carbocycles. The number of hydrogen-bond donors (Lipinski definition) is 2. The summed E-state index contributed by atoms with van der Waals surface area (Å²) in [5.41, 5.74) is 0.398. The summed E-state index contributed by atoms with van der Waals surface area (Å²) in [5.74, 6) is -0.909. The molecule has 0 saturated heterocycles. The SMILES string of the molecule is CNS(=O)(=O)c1cc(NC=C(C#N)C#N)c(N(C)C)cc1F. The van der Waals surface area contributed by atoms with Crippen LogP contribution in [0.4, 0.5) is 15.8 Å². The maximum Gasteiger partial charge on any atom is 0.243 e. The van der Waals surface area contributed by atoms with E-state index in [-0.39, 0.29) is 11.3 Å². The second-order valence-corrected chi connectivity index (χ2v) is 6.18. The molecule has 0 aromatic heterocycles. The first-order chi connectivity index (χ1) is 10.3. The predicted octanol–water partition coefficient (Wildman–Crippen LogP) is 1.14. The minimum Gasteiger partial charge on any atom is -0.376 e. The lowest BCUT2D eigenvalue weighted by atomic mass is 10.2. The van der Waals surface area contributed by atoms with Gasteiger partial charge in [-0.3, -0.25) is 0 Å². The summed E-state index contributed by atoms with van der Waals surface area (Å²) in [7, 11) is 0.483. The number of anilines is 2. The lowest BCUT2D eigenvalue weighted by Gasteiger charge is -2.19. The van der Waals surface area contributed by atoms with E-state index < -0.39 is 20.7 Å². The zero-order valence-electron chi connectivity index (χ0n) is 12.2. The van der Waals surface area contributed by atoms with Crippen LogP contribution < -0.4 is 14.9 Å². The van der Waals surface area contributed by atoms with Crippen LogP contribution in [0.15, 0.2) is 28.8 Å². The van der Waals surface area contributed by atoms with Crippen LogP contribution in [0.2, 0.25) is 0 Å². The third-order valence-corrected chi connectivity index (χ3v) is 4.13. The standard InChI is InChI=1S/C13H14FN5O2S/c1-17-22(20,21)13-5-11(18-8-9(6-15)7-16)12(19(2)3)4-10(13)14/h4-5,8,17-18H,1-3H3. The van der Waals surface area contributed by atoms with Crippen molar-refractivity contribution in [1.82, 2.24) is 4.72 Å². The molecule has 0 radical (unpaired) electrons. The van der Waals surface area contributed by atoms with E-state index >= 15 is 0 Å². The van der Waals surface area contributed by atoms with E-state index in [0.29, 0.717) is 5.69 Å². The summed E-state index contributed by atoms with van der Waals surface area (Å²) in [6.07, 6.45) is 1.12. The molecule has 1 rings (SSSR count). The molecule has 0 aliphatic heterocycles. The second-order valence-electron chi connectivity index (χ2n) is 4.33. The van der Waals surface area contributed by atoms with Crippen molar-refractivity contribution in [3.8, 4) is 12.1 Å². The number of sulfonamides is 1. The normalized spacial score (nSPS) is 10.3. The highest BCUT2D eigenvalue weighted by atomic mass is 32.2. The van der Waals surface area contributed by atoms with E-state index in [9.17, 15) is 12.8 Å². The Morgan fingerprint density at radius 3 is 2.36 bits per heavy atom. The molecule has 2 N–H and O–H groups in total. The Morgan fingerprint density at radius 1 is 1.32 bits per heavy atom. The van der Waals surface area contributed by atoms with E-state index in [2.05, 4.69) is 5.32 Å². The van der Waals surface area contributed by atoms with Crippen molar-refractivity contribution in [2.75, 3.05) is 31.4 Å². The fourth-order valence-electron chi connectivity index (χ4n) is 1.58. The monoisotopic (exact) mass is 323 g/mol. The first-order valence-corrected chi connectivity index (χ1v) is 7.46. The second kappa shape index (κ2) is 6.89. The van der Waals surface area contributed by atoms with Crippen LogP contribution in [-0.2, 0) is 10.0 Å². The van der Waals surface area contributed by atoms with Crippen LogP contribution in [0.5, 0.6) is 0 Å². The summed E-state index contributed by atoms with van der Waals surface area (Å²) in [4.78, 5) is 1.03. The lowest BCUT2D eigenvalue weighted by molar-refractivity contribution is 0.561. The molecule has 7 nitrogen and oxygen atoms in total. The number of nitrogens with zero attached hydrogens (tertiary/aromatic N) is 3. The molecule has 22 heavy (non-hydrogen) atoms. The number of allylic oxidation sites excluding steroid dienone is 1. The number of benzene rings is 1. The van der Waals surface area contributed by atoms with Gasteiger partial charge in [0.2, 0.25) is 10.0 Å². The molecule has 0 amide bonds. The van der Waals surface area contributed by atoms with Gasteiger partial charge in [0.1, 0.15) is 28.4 Å². The van der Waals surface area contributed by atoms with Crippen molar-refractivity contribution in [3.63, 3.8) is 0 Å². The van der Waals surface area contributed by atoms with Crippen molar-refractivity contribution in [3.05, 3.63) is 29.7 Å². The highest BCUT2D eigenvalue weighted by molar-refractivity contribution is 7.89. The third kappa shape index (κ3) is 3.73. The van der Waals surface area contributed by atoms with Crippen LogP contribution in [0.1, 0.15) is 0 Å². The summed E-state index contributed by atoms with van der Waals surface area (Å²) in [6, 6.07) is 5.47. The molecule has 0 spiro atoms. The van der Waals surface area contributed by atoms with Gasteiger partial charge in [-0.25, -0.2) is 17.5 Å². The Hall–Kier alpha value is -2.62. The van der Waals surface area contributed by atoms with Gasteiger partial charge in [0, 0.05) is 26.4 Å². The van der Waals surface area contributed by atoms with Crippen molar-refractivity contribution < 1.29 is 12.8 Å². The topological polar surface area (TPSA) is 109 Å². The van der Waals surface area contributed by atoms with Gasteiger partial charge in [-0.05, 0) is 13.1 Å². The van der Waals surface area contributed by atoms with Crippen LogP contribution in [0.3, 0.4) is 0 Å². The van der Waals surface area contributed by atoms with Gasteiger partial charge in [0.05, 0.1) is 11.4 Å². The van der Waals surface area contributed by atoms with Crippen molar-refractivity contribution in [2.24, 2.45) is 0 Å². The fourth-order valence-corrected chi connectivity index (χ4v) is 2.39. The first-order valence-electron chi connectivity index (χ1n) is 5.98. The molecule has 116 valence electrons. The van der Waals surface area contributed by atoms with Gasteiger partial charge in [-0.2, -0.15) is 10.5 Å². The highest BCUT2D eigenvalue weighted by Gasteiger charge is 2.20. The zero-order valence-corrected chi connectivity index (χ0v) is 13.0.